The zero-order valence-corrected chi connectivity index (χ0v) is 17.2. The van der Waals surface area contributed by atoms with E-state index in [0.29, 0.717) is 31.2 Å². The molecule has 2 N–H and O–H groups in total. The number of guanidine groups is 1. The van der Waals surface area contributed by atoms with Crippen LogP contribution in [-0.4, -0.2) is 39.0 Å². The summed E-state index contributed by atoms with van der Waals surface area (Å²) in [6.07, 6.45) is 0.663. The SMILES string of the molecule is CCNC(=NCc1c(C)nn(C)c1C)NCCc1nc(C)no1.I. The van der Waals surface area contributed by atoms with Crippen LogP contribution in [-0.2, 0) is 20.0 Å². The van der Waals surface area contributed by atoms with Crippen LogP contribution in [0.3, 0.4) is 0 Å². The highest BCUT2D eigenvalue weighted by Crippen LogP contribution is 2.12. The predicted molar refractivity (Wildman–Crippen MR) is 104 cm³/mol. The molecule has 2 aromatic rings. The van der Waals surface area contributed by atoms with Crippen LogP contribution in [0.1, 0.15) is 35.6 Å². The van der Waals surface area contributed by atoms with E-state index in [1.165, 1.54) is 0 Å². The second-order valence-electron chi connectivity index (χ2n) is 5.38. The minimum Gasteiger partial charge on any atom is -0.357 e. The highest BCUT2D eigenvalue weighted by Gasteiger charge is 2.09. The first-order chi connectivity index (χ1) is 11.0. The van der Waals surface area contributed by atoms with Crippen molar-refractivity contribution in [2.75, 3.05) is 13.1 Å². The van der Waals surface area contributed by atoms with Crippen molar-refractivity contribution in [1.82, 2.24) is 30.6 Å². The molecule has 24 heavy (non-hydrogen) atoms. The van der Waals surface area contributed by atoms with Crippen LogP contribution >= 0.6 is 24.0 Å². The third-order valence-corrected chi connectivity index (χ3v) is 3.60. The molecule has 2 heterocycles. The monoisotopic (exact) mass is 447 g/mol. The lowest BCUT2D eigenvalue weighted by Crippen LogP contribution is -2.38. The molecule has 8 nitrogen and oxygen atoms in total. The van der Waals surface area contributed by atoms with Gasteiger partial charge in [0.05, 0.1) is 12.2 Å². The Morgan fingerprint density at radius 2 is 2.00 bits per heavy atom. The first-order valence-corrected chi connectivity index (χ1v) is 7.81. The molecule has 2 rings (SSSR count). The molecular weight excluding hydrogens is 421 g/mol. The van der Waals surface area contributed by atoms with Crippen molar-refractivity contribution in [3.63, 3.8) is 0 Å². The zero-order valence-electron chi connectivity index (χ0n) is 14.9. The number of hydrogen-bond acceptors (Lipinski definition) is 5. The van der Waals surface area contributed by atoms with Gasteiger partial charge in [-0.25, -0.2) is 4.99 Å². The molecular formula is C15H26IN7O. The van der Waals surface area contributed by atoms with E-state index >= 15 is 0 Å². The molecule has 0 saturated carbocycles. The fraction of sp³-hybridized carbons (Fsp3) is 0.600. The Kier molecular flexibility index (Phi) is 8.16. The number of aromatic nitrogens is 4. The Morgan fingerprint density at radius 3 is 2.54 bits per heavy atom. The second kappa shape index (κ2) is 9.60. The second-order valence-corrected chi connectivity index (χ2v) is 5.38. The summed E-state index contributed by atoms with van der Waals surface area (Å²) in [7, 11) is 1.95. The summed E-state index contributed by atoms with van der Waals surface area (Å²) in [5.41, 5.74) is 3.33. The van der Waals surface area contributed by atoms with E-state index in [4.69, 9.17) is 4.52 Å². The van der Waals surface area contributed by atoms with E-state index in [-0.39, 0.29) is 24.0 Å². The van der Waals surface area contributed by atoms with Crippen LogP contribution in [0.15, 0.2) is 9.52 Å². The average molecular weight is 447 g/mol. The van der Waals surface area contributed by atoms with Crippen LogP contribution in [0.2, 0.25) is 0 Å². The lowest BCUT2D eigenvalue weighted by molar-refractivity contribution is 0.374. The van der Waals surface area contributed by atoms with Gasteiger partial charge in [-0.1, -0.05) is 5.16 Å². The van der Waals surface area contributed by atoms with E-state index < -0.39 is 0 Å². The molecule has 0 aliphatic rings. The van der Waals surface area contributed by atoms with E-state index in [0.717, 1.165) is 29.5 Å². The normalized spacial score (nSPS) is 11.3. The fourth-order valence-electron chi connectivity index (χ4n) is 2.28. The summed E-state index contributed by atoms with van der Waals surface area (Å²) in [5.74, 6) is 2.05. The molecule has 0 saturated heterocycles. The molecule has 0 aliphatic heterocycles. The number of hydrogen-bond donors (Lipinski definition) is 2. The molecule has 2 aromatic heterocycles. The van der Waals surface area contributed by atoms with E-state index in [1.54, 1.807) is 0 Å². The smallest absolute Gasteiger partial charge is 0.228 e. The minimum atomic E-state index is 0. The number of halogens is 1. The van der Waals surface area contributed by atoms with Crippen LogP contribution in [0.4, 0.5) is 0 Å². The molecule has 9 heteroatoms. The number of nitrogens with one attached hydrogen (secondary N) is 2. The molecule has 0 fully saturated rings. The van der Waals surface area contributed by atoms with Crippen molar-refractivity contribution in [2.24, 2.45) is 12.0 Å². The zero-order chi connectivity index (χ0) is 16.8. The molecule has 0 bridgehead atoms. The van der Waals surface area contributed by atoms with E-state index in [1.807, 2.05) is 32.5 Å². The van der Waals surface area contributed by atoms with Gasteiger partial charge in [-0.05, 0) is 27.7 Å². The predicted octanol–water partition coefficient (Wildman–Crippen LogP) is 1.64. The molecule has 0 radical (unpaired) electrons. The average Bonchev–Trinajstić information content (AvgIpc) is 3.01. The van der Waals surface area contributed by atoms with Crippen LogP contribution in [0, 0.1) is 20.8 Å². The fourth-order valence-corrected chi connectivity index (χ4v) is 2.28. The van der Waals surface area contributed by atoms with Crippen molar-refractivity contribution in [3.05, 3.63) is 28.7 Å². The van der Waals surface area contributed by atoms with Gasteiger partial charge in [0.25, 0.3) is 0 Å². The van der Waals surface area contributed by atoms with E-state index in [2.05, 4.69) is 37.8 Å². The summed E-state index contributed by atoms with van der Waals surface area (Å²) in [4.78, 5) is 8.81. The molecule has 0 aromatic carbocycles. The number of nitrogens with zero attached hydrogens (tertiary/aromatic N) is 5. The lowest BCUT2D eigenvalue weighted by atomic mass is 10.2. The topological polar surface area (TPSA) is 93.2 Å². The quantitative estimate of drug-likeness (QED) is 0.398. The molecule has 0 spiro atoms. The summed E-state index contributed by atoms with van der Waals surface area (Å²) in [5, 5.41) is 14.7. The maximum atomic E-state index is 5.10. The number of aliphatic imine (C=N–C) groups is 1. The van der Waals surface area contributed by atoms with Gasteiger partial charge in [-0.3, -0.25) is 4.68 Å². The molecule has 134 valence electrons. The third-order valence-electron chi connectivity index (χ3n) is 3.60. The van der Waals surface area contributed by atoms with Crippen molar-refractivity contribution in [3.8, 4) is 0 Å². The number of rotatable bonds is 6. The Morgan fingerprint density at radius 1 is 1.25 bits per heavy atom. The van der Waals surface area contributed by atoms with Gasteiger partial charge in [0.1, 0.15) is 0 Å². The van der Waals surface area contributed by atoms with Gasteiger partial charge >= 0.3 is 0 Å². The Bertz CT molecular complexity index is 677. The Hall–Kier alpha value is -1.65. The van der Waals surface area contributed by atoms with Crippen molar-refractivity contribution in [2.45, 2.75) is 40.7 Å². The Labute approximate surface area is 159 Å². The van der Waals surface area contributed by atoms with Crippen molar-refractivity contribution in [1.29, 1.82) is 0 Å². The van der Waals surface area contributed by atoms with Gasteiger partial charge in [0, 0.05) is 37.8 Å². The first-order valence-electron chi connectivity index (χ1n) is 7.81. The maximum absolute atomic E-state index is 5.10. The van der Waals surface area contributed by atoms with Crippen LogP contribution in [0.5, 0.6) is 0 Å². The van der Waals surface area contributed by atoms with Gasteiger partial charge in [0.15, 0.2) is 11.8 Å². The van der Waals surface area contributed by atoms with Crippen LogP contribution in [0.25, 0.3) is 0 Å². The number of aryl methyl sites for hydroxylation is 3. The van der Waals surface area contributed by atoms with E-state index in [9.17, 15) is 0 Å². The highest BCUT2D eigenvalue weighted by molar-refractivity contribution is 14.0. The molecule has 0 unspecified atom stereocenters. The summed E-state index contributed by atoms with van der Waals surface area (Å²) in [6.45, 7) is 10.00. The summed E-state index contributed by atoms with van der Waals surface area (Å²) in [6, 6.07) is 0. The summed E-state index contributed by atoms with van der Waals surface area (Å²) >= 11 is 0. The van der Waals surface area contributed by atoms with Crippen molar-refractivity contribution >= 4 is 29.9 Å². The third kappa shape index (κ3) is 5.46. The maximum Gasteiger partial charge on any atom is 0.228 e. The molecule has 0 aliphatic carbocycles. The lowest BCUT2D eigenvalue weighted by Gasteiger charge is -2.10. The first kappa shape index (κ1) is 20.4. The van der Waals surface area contributed by atoms with Gasteiger partial charge in [-0.15, -0.1) is 24.0 Å². The highest BCUT2D eigenvalue weighted by atomic mass is 127. The summed E-state index contributed by atoms with van der Waals surface area (Å²) < 4.78 is 6.98. The standard InChI is InChI=1S/C15H25N7O.HI/c1-6-16-15(17-8-7-14-19-12(4)21-23-14)18-9-13-10(2)20-22(5)11(13)3;/h6-9H2,1-5H3,(H2,16,17,18);1H. The van der Waals surface area contributed by atoms with Crippen molar-refractivity contribution < 1.29 is 4.52 Å². The molecule has 0 atom stereocenters. The Balaban J connectivity index is 0.00000288. The van der Waals surface area contributed by atoms with Crippen LogP contribution < -0.4 is 10.6 Å². The largest absolute Gasteiger partial charge is 0.357 e. The minimum absolute atomic E-state index is 0. The molecule has 0 amide bonds. The van der Waals surface area contributed by atoms with Gasteiger partial charge < -0.3 is 15.2 Å². The van der Waals surface area contributed by atoms with Gasteiger partial charge in [-0.2, -0.15) is 10.1 Å². The van der Waals surface area contributed by atoms with Gasteiger partial charge in [0.2, 0.25) is 5.89 Å².